The number of aliphatic hydroxyl groups excluding tert-OH is 2. The number of fused-ring (bicyclic) bond motifs is 6. The summed E-state index contributed by atoms with van der Waals surface area (Å²) in [6.45, 7) is 2.39. The third-order valence-electron chi connectivity index (χ3n) is 7.18. The molecule has 0 unspecified atom stereocenters. The van der Waals surface area contributed by atoms with Crippen molar-refractivity contribution in [3.8, 4) is 0 Å². The highest BCUT2D eigenvalue weighted by Crippen LogP contribution is 2.43. The van der Waals surface area contributed by atoms with Crippen molar-refractivity contribution in [1.29, 1.82) is 0 Å². The minimum absolute atomic E-state index is 0.0199. The van der Waals surface area contributed by atoms with Gasteiger partial charge >= 0.3 is 5.97 Å². The van der Waals surface area contributed by atoms with E-state index in [-0.39, 0.29) is 30.1 Å². The van der Waals surface area contributed by atoms with Crippen LogP contribution in [-0.2, 0) is 9.53 Å². The molecule has 4 aliphatic heterocycles. The molecule has 0 aliphatic carbocycles. The molecule has 8 heteroatoms. The Balaban J connectivity index is 1.28. The average Bonchev–Trinajstić information content (AvgIpc) is 3.23. The van der Waals surface area contributed by atoms with Gasteiger partial charge in [-0.05, 0) is 43.2 Å². The number of aromatic nitrogens is 1. The molecule has 0 spiro atoms. The summed E-state index contributed by atoms with van der Waals surface area (Å²) in [6.07, 6.45) is 2.41. The van der Waals surface area contributed by atoms with Crippen LogP contribution in [0.15, 0.2) is 18.3 Å². The topological polar surface area (TPSA) is 106 Å². The smallest absolute Gasteiger partial charge is 0.355 e. The standard InChI is InChI=1S/C20H27N3O5/c24-17-8-16-11-6-12(10-23(16)19(26)18(17)25)15-7-13(3-5-22(15)9-11)28-20(27)14-2-1-4-21-14/h1-2,4,11-13,15-18,21,24-25H,3,5-10H2/t11-,12-,13-,15-,16+,17+,18-/m0/s1. The van der Waals surface area contributed by atoms with Crippen LogP contribution in [-0.4, -0.2) is 86.9 Å². The molecule has 5 heterocycles. The summed E-state index contributed by atoms with van der Waals surface area (Å²) in [5.74, 6) is -0.00547. The van der Waals surface area contributed by atoms with Gasteiger partial charge in [0.05, 0.1) is 6.10 Å². The van der Waals surface area contributed by atoms with Gasteiger partial charge < -0.3 is 24.8 Å². The third kappa shape index (κ3) is 2.94. The van der Waals surface area contributed by atoms with E-state index in [1.807, 2.05) is 4.90 Å². The number of nitrogens with one attached hydrogen (secondary N) is 1. The number of esters is 1. The lowest BCUT2D eigenvalue weighted by Crippen LogP contribution is -2.68. The van der Waals surface area contributed by atoms with E-state index in [0.29, 0.717) is 30.5 Å². The van der Waals surface area contributed by atoms with Crippen LogP contribution in [0.25, 0.3) is 0 Å². The molecular weight excluding hydrogens is 362 g/mol. The van der Waals surface area contributed by atoms with Gasteiger partial charge in [0, 0.05) is 44.3 Å². The first-order chi connectivity index (χ1) is 13.5. The van der Waals surface area contributed by atoms with Crippen molar-refractivity contribution in [2.75, 3.05) is 19.6 Å². The number of aromatic amines is 1. The number of carbonyl (C=O) groups is 2. The van der Waals surface area contributed by atoms with E-state index < -0.39 is 12.2 Å². The minimum atomic E-state index is -1.30. The first-order valence-electron chi connectivity index (χ1n) is 10.3. The van der Waals surface area contributed by atoms with Gasteiger partial charge in [0.1, 0.15) is 11.8 Å². The third-order valence-corrected chi connectivity index (χ3v) is 7.18. The SMILES string of the molecule is O=C(O[C@H]1CCN2C[C@@H]3C[C@@H](CN4C(=O)[C@@H](O)[C@H](O)C[C@H]34)[C@@H]2C1)c1ccc[nH]1. The molecule has 4 aliphatic rings. The molecule has 2 bridgehead atoms. The molecule has 1 aromatic heterocycles. The molecule has 28 heavy (non-hydrogen) atoms. The highest BCUT2D eigenvalue weighted by Gasteiger charge is 2.52. The Morgan fingerprint density at radius 2 is 1.96 bits per heavy atom. The number of aliphatic hydroxyl groups is 2. The van der Waals surface area contributed by atoms with Crippen molar-refractivity contribution >= 4 is 11.9 Å². The Morgan fingerprint density at radius 3 is 2.75 bits per heavy atom. The van der Waals surface area contributed by atoms with Crippen molar-refractivity contribution in [3.63, 3.8) is 0 Å². The molecule has 7 atom stereocenters. The maximum absolute atomic E-state index is 12.5. The first kappa shape index (κ1) is 18.1. The van der Waals surface area contributed by atoms with Gasteiger partial charge in [-0.2, -0.15) is 0 Å². The number of carbonyl (C=O) groups excluding carboxylic acids is 2. The van der Waals surface area contributed by atoms with E-state index in [2.05, 4.69) is 9.88 Å². The van der Waals surface area contributed by atoms with Crippen LogP contribution in [0.5, 0.6) is 0 Å². The normalized spacial score (nSPS) is 40.6. The van der Waals surface area contributed by atoms with E-state index >= 15 is 0 Å². The van der Waals surface area contributed by atoms with Crippen LogP contribution >= 0.6 is 0 Å². The second-order valence-electron chi connectivity index (χ2n) is 8.76. The number of rotatable bonds is 2. The number of hydrogen-bond donors (Lipinski definition) is 3. The molecule has 0 saturated carbocycles. The zero-order valence-electron chi connectivity index (χ0n) is 15.7. The molecule has 8 nitrogen and oxygen atoms in total. The fourth-order valence-electron chi connectivity index (χ4n) is 5.83. The summed E-state index contributed by atoms with van der Waals surface area (Å²) in [7, 11) is 0. The van der Waals surface area contributed by atoms with Crippen LogP contribution in [0, 0.1) is 11.8 Å². The largest absolute Gasteiger partial charge is 0.458 e. The average molecular weight is 389 g/mol. The van der Waals surface area contributed by atoms with Gasteiger partial charge in [-0.15, -0.1) is 0 Å². The van der Waals surface area contributed by atoms with Gasteiger partial charge in [-0.25, -0.2) is 4.79 Å². The Morgan fingerprint density at radius 1 is 1.14 bits per heavy atom. The molecule has 0 radical (unpaired) electrons. The summed E-state index contributed by atoms with van der Waals surface area (Å²) < 4.78 is 5.73. The predicted octanol–water partition coefficient (Wildman–Crippen LogP) is -0.0231. The second-order valence-corrected chi connectivity index (χ2v) is 8.76. The van der Waals surface area contributed by atoms with Gasteiger partial charge in [-0.1, -0.05) is 0 Å². The molecule has 5 rings (SSSR count). The lowest BCUT2D eigenvalue weighted by molar-refractivity contribution is -0.173. The number of ether oxygens (including phenoxy) is 1. The van der Waals surface area contributed by atoms with Crippen molar-refractivity contribution in [2.24, 2.45) is 11.8 Å². The number of nitrogens with zero attached hydrogens (tertiary/aromatic N) is 2. The summed E-state index contributed by atoms with van der Waals surface area (Å²) in [5.41, 5.74) is 0.470. The molecule has 1 amide bonds. The highest BCUT2D eigenvalue weighted by molar-refractivity contribution is 5.87. The van der Waals surface area contributed by atoms with Crippen LogP contribution in [0.1, 0.15) is 36.2 Å². The van der Waals surface area contributed by atoms with Crippen LogP contribution < -0.4 is 0 Å². The number of hydrogen-bond acceptors (Lipinski definition) is 6. The first-order valence-corrected chi connectivity index (χ1v) is 10.3. The summed E-state index contributed by atoms with van der Waals surface area (Å²) in [5, 5.41) is 20.1. The van der Waals surface area contributed by atoms with Crippen LogP contribution in [0.4, 0.5) is 0 Å². The maximum Gasteiger partial charge on any atom is 0.355 e. The molecule has 1 aromatic rings. The zero-order valence-corrected chi connectivity index (χ0v) is 15.7. The van der Waals surface area contributed by atoms with Crippen molar-refractivity contribution in [3.05, 3.63) is 24.0 Å². The number of amides is 1. The fraction of sp³-hybridized carbons (Fsp3) is 0.700. The van der Waals surface area contributed by atoms with E-state index in [1.165, 1.54) is 0 Å². The van der Waals surface area contributed by atoms with Gasteiger partial charge in [0.2, 0.25) is 0 Å². The van der Waals surface area contributed by atoms with Crippen molar-refractivity contribution < 1.29 is 24.5 Å². The lowest BCUT2D eigenvalue weighted by Gasteiger charge is -2.58. The van der Waals surface area contributed by atoms with E-state index in [1.54, 1.807) is 18.3 Å². The molecule has 152 valence electrons. The number of piperidine rings is 4. The monoisotopic (exact) mass is 389 g/mol. The molecule has 4 fully saturated rings. The van der Waals surface area contributed by atoms with Crippen molar-refractivity contribution in [1.82, 2.24) is 14.8 Å². The van der Waals surface area contributed by atoms with Crippen LogP contribution in [0.3, 0.4) is 0 Å². The minimum Gasteiger partial charge on any atom is -0.458 e. The van der Waals surface area contributed by atoms with Gasteiger partial charge in [0.25, 0.3) is 5.91 Å². The lowest BCUT2D eigenvalue weighted by atomic mass is 9.70. The molecule has 4 saturated heterocycles. The van der Waals surface area contributed by atoms with Gasteiger partial charge in [-0.3, -0.25) is 9.69 Å². The predicted molar refractivity (Wildman–Crippen MR) is 98.3 cm³/mol. The maximum atomic E-state index is 12.5. The summed E-state index contributed by atoms with van der Waals surface area (Å²) in [4.78, 5) is 32.0. The summed E-state index contributed by atoms with van der Waals surface area (Å²) in [6, 6.07) is 3.79. The van der Waals surface area contributed by atoms with E-state index in [4.69, 9.17) is 4.74 Å². The molecular formula is C20H27N3O5. The zero-order chi connectivity index (χ0) is 19.4. The quantitative estimate of drug-likeness (QED) is 0.614. The Labute approximate surface area is 163 Å². The van der Waals surface area contributed by atoms with E-state index in [9.17, 15) is 19.8 Å². The summed E-state index contributed by atoms with van der Waals surface area (Å²) >= 11 is 0. The van der Waals surface area contributed by atoms with Crippen molar-refractivity contribution in [2.45, 2.75) is 56.1 Å². The van der Waals surface area contributed by atoms with E-state index in [0.717, 1.165) is 32.4 Å². The van der Waals surface area contributed by atoms with Gasteiger partial charge in [0.15, 0.2) is 6.10 Å². The number of H-pyrrole nitrogens is 1. The highest BCUT2D eigenvalue weighted by atomic mass is 16.5. The second kappa shape index (κ2) is 6.86. The Kier molecular flexibility index (Phi) is 4.45. The Hall–Kier alpha value is -1.90. The molecule has 3 N–H and O–H groups in total. The fourth-order valence-corrected chi connectivity index (χ4v) is 5.83. The Bertz CT molecular complexity index is 753. The molecule has 0 aromatic carbocycles. The van der Waals surface area contributed by atoms with Crippen LogP contribution in [0.2, 0.25) is 0 Å².